The van der Waals surface area contributed by atoms with Crippen molar-refractivity contribution in [3.8, 4) is 0 Å². The largest absolute Gasteiger partial charge is 0.352 e. The van der Waals surface area contributed by atoms with Crippen molar-refractivity contribution in [3.05, 3.63) is 35.9 Å². The van der Waals surface area contributed by atoms with Gasteiger partial charge < -0.3 is 11.1 Å². The summed E-state index contributed by atoms with van der Waals surface area (Å²) in [5, 5.41) is 2.86. The first kappa shape index (κ1) is 11.7. The lowest BCUT2D eigenvalue weighted by atomic mass is 10.0. The predicted octanol–water partition coefficient (Wildman–Crippen LogP) is 1.25. The molecule has 0 saturated heterocycles. The predicted molar refractivity (Wildman–Crippen MR) is 61.5 cm³/mol. The zero-order valence-electron chi connectivity index (χ0n) is 9.23. The molecule has 0 fully saturated rings. The molecule has 0 spiro atoms. The molecule has 1 aromatic rings. The number of carbonyl (C=O) groups excluding carboxylic acids is 1. The summed E-state index contributed by atoms with van der Waals surface area (Å²) in [5.41, 5.74) is 6.47. The summed E-state index contributed by atoms with van der Waals surface area (Å²) in [5.74, 6) is -0.0978. The standard InChI is InChI=1S/C12H18N2O/c1-9(8-13)14-12(15)10(2)11-6-4-3-5-7-11/h3-7,9-10H,8,13H2,1-2H3,(H,14,15). The molecule has 3 heteroatoms. The van der Waals surface area contributed by atoms with Crippen LogP contribution in [0, 0.1) is 0 Å². The van der Waals surface area contributed by atoms with E-state index in [-0.39, 0.29) is 17.9 Å². The average Bonchev–Trinajstić information content (AvgIpc) is 2.29. The third kappa shape index (κ3) is 3.36. The van der Waals surface area contributed by atoms with E-state index in [0.717, 1.165) is 5.56 Å². The number of hydrogen-bond donors (Lipinski definition) is 2. The van der Waals surface area contributed by atoms with Gasteiger partial charge in [0.05, 0.1) is 5.92 Å². The lowest BCUT2D eigenvalue weighted by molar-refractivity contribution is -0.122. The SMILES string of the molecule is CC(CN)NC(=O)C(C)c1ccccc1. The normalized spacial score (nSPS) is 14.3. The van der Waals surface area contributed by atoms with E-state index in [1.807, 2.05) is 44.2 Å². The topological polar surface area (TPSA) is 55.1 Å². The highest BCUT2D eigenvalue weighted by Gasteiger charge is 2.15. The van der Waals surface area contributed by atoms with Gasteiger partial charge in [-0.1, -0.05) is 30.3 Å². The zero-order chi connectivity index (χ0) is 11.3. The highest BCUT2D eigenvalue weighted by molar-refractivity contribution is 5.83. The Hall–Kier alpha value is -1.35. The van der Waals surface area contributed by atoms with Gasteiger partial charge in [0.15, 0.2) is 0 Å². The fourth-order valence-electron chi connectivity index (χ4n) is 1.32. The van der Waals surface area contributed by atoms with Crippen molar-refractivity contribution in [2.75, 3.05) is 6.54 Å². The van der Waals surface area contributed by atoms with Crippen molar-refractivity contribution in [2.24, 2.45) is 5.73 Å². The molecule has 0 aliphatic heterocycles. The molecule has 1 amide bonds. The van der Waals surface area contributed by atoms with Gasteiger partial charge in [-0.15, -0.1) is 0 Å². The van der Waals surface area contributed by atoms with E-state index in [1.54, 1.807) is 0 Å². The van der Waals surface area contributed by atoms with E-state index in [0.29, 0.717) is 6.54 Å². The van der Waals surface area contributed by atoms with Gasteiger partial charge in [0.25, 0.3) is 0 Å². The summed E-state index contributed by atoms with van der Waals surface area (Å²) in [6, 6.07) is 9.76. The summed E-state index contributed by atoms with van der Waals surface area (Å²) in [4.78, 5) is 11.7. The minimum absolute atomic E-state index is 0.0270. The second-order valence-electron chi connectivity index (χ2n) is 3.78. The first-order chi connectivity index (χ1) is 7.15. The smallest absolute Gasteiger partial charge is 0.227 e. The van der Waals surface area contributed by atoms with Gasteiger partial charge in [-0.05, 0) is 19.4 Å². The van der Waals surface area contributed by atoms with E-state index in [9.17, 15) is 4.79 Å². The van der Waals surface area contributed by atoms with Crippen LogP contribution in [0.25, 0.3) is 0 Å². The van der Waals surface area contributed by atoms with Gasteiger partial charge in [0.1, 0.15) is 0 Å². The number of nitrogens with two attached hydrogens (primary N) is 1. The number of hydrogen-bond acceptors (Lipinski definition) is 2. The maximum Gasteiger partial charge on any atom is 0.227 e. The molecule has 2 atom stereocenters. The van der Waals surface area contributed by atoms with Crippen LogP contribution in [0.5, 0.6) is 0 Å². The molecular formula is C12H18N2O. The number of carbonyl (C=O) groups is 1. The van der Waals surface area contributed by atoms with Crippen molar-refractivity contribution >= 4 is 5.91 Å². The Morgan fingerprint density at radius 3 is 2.47 bits per heavy atom. The second kappa shape index (κ2) is 5.51. The molecule has 0 aliphatic rings. The molecule has 0 radical (unpaired) electrons. The van der Waals surface area contributed by atoms with Crippen molar-refractivity contribution in [2.45, 2.75) is 25.8 Å². The first-order valence-electron chi connectivity index (χ1n) is 5.20. The molecule has 0 aliphatic carbocycles. The third-order valence-corrected chi connectivity index (χ3v) is 2.44. The molecule has 0 aromatic heterocycles. The Morgan fingerprint density at radius 1 is 1.33 bits per heavy atom. The minimum atomic E-state index is -0.125. The second-order valence-corrected chi connectivity index (χ2v) is 3.78. The fraction of sp³-hybridized carbons (Fsp3) is 0.417. The molecule has 3 N–H and O–H groups in total. The molecular weight excluding hydrogens is 188 g/mol. The Kier molecular flexibility index (Phi) is 4.31. The Morgan fingerprint density at radius 2 is 1.93 bits per heavy atom. The molecule has 1 rings (SSSR count). The molecule has 0 bridgehead atoms. The van der Waals surface area contributed by atoms with E-state index >= 15 is 0 Å². The Labute approximate surface area is 90.7 Å². The first-order valence-corrected chi connectivity index (χ1v) is 5.20. The van der Waals surface area contributed by atoms with Gasteiger partial charge in [-0.2, -0.15) is 0 Å². The van der Waals surface area contributed by atoms with Crippen molar-refractivity contribution in [1.82, 2.24) is 5.32 Å². The maximum absolute atomic E-state index is 11.7. The zero-order valence-corrected chi connectivity index (χ0v) is 9.23. The molecule has 3 nitrogen and oxygen atoms in total. The van der Waals surface area contributed by atoms with Gasteiger partial charge in [0, 0.05) is 12.6 Å². The molecule has 1 aromatic carbocycles. The van der Waals surface area contributed by atoms with Crippen LogP contribution in [0.2, 0.25) is 0 Å². The lowest BCUT2D eigenvalue weighted by Gasteiger charge is -2.16. The lowest BCUT2D eigenvalue weighted by Crippen LogP contribution is -2.39. The highest BCUT2D eigenvalue weighted by Crippen LogP contribution is 2.14. The molecule has 0 heterocycles. The van der Waals surface area contributed by atoms with Gasteiger partial charge in [0.2, 0.25) is 5.91 Å². The summed E-state index contributed by atoms with van der Waals surface area (Å²) in [6.07, 6.45) is 0. The van der Waals surface area contributed by atoms with Crippen molar-refractivity contribution < 1.29 is 4.79 Å². The van der Waals surface area contributed by atoms with Crippen LogP contribution in [0.15, 0.2) is 30.3 Å². The van der Waals surface area contributed by atoms with E-state index in [1.165, 1.54) is 0 Å². The number of nitrogens with one attached hydrogen (secondary N) is 1. The quantitative estimate of drug-likeness (QED) is 0.779. The summed E-state index contributed by atoms with van der Waals surface area (Å²) in [6.45, 7) is 4.26. The van der Waals surface area contributed by atoms with Crippen LogP contribution in [0.3, 0.4) is 0 Å². The van der Waals surface area contributed by atoms with Crippen molar-refractivity contribution in [3.63, 3.8) is 0 Å². The van der Waals surface area contributed by atoms with Crippen LogP contribution < -0.4 is 11.1 Å². The van der Waals surface area contributed by atoms with Crippen LogP contribution in [0.4, 0.5) is 0 Å². The van der Waals surface area contributed by atoms with Crippen LogP contribution >= 0.6 is 0 Å². The molecule has 0 saturated carbocycles. The van der Waals surface area contributed by atoms with E-state index in [2.05, 4.69) is 5.32 Å². The van der Waals surface area contributed by atoms with Gasteiger partial charge in [-0.3, -0.25) is 4.79 Å². The van der Waals surface area contributed by atoms with E-state index < -0.39 is 0 Å². The summed E-state index contributed by atoms with van der Waals surface area (Å²) >= 11 is 0. The fourth-order valence-corrected chi connectivity index (χ4v) is 1.32. The summed E-state index contributed by atoms with van der Waals surface area (Å²) < 4.78 is 0. The monoisotopic (exact) mass is 206 g/mol. The maximum atomic E-state index is 11.7. The number of rotatable bonds is 4. The summed E-state index contributed by atoms with van der Waals surface area (Å²) in [7, 11) is 0. The van der Waals surface area contributed by atoms with Gasteiger partial charge >= 0.3 is 0 Å². The van der Waals surface area contributed by atoms with Crippen LogP contribution in [-0.4, -0.2) is 18.5 Å². The Bertz CT molecular complexity index is 311. The molecule has 2 unspecified atom stereocenters. The minimum Gasteiger partial charge on any atom is -0.352 e. The number of amides is 1. The highest BCUT2D eigenvalue weighted by atomic mass is 16.1. The van der Waals surface area contributed by atoms with Crippen LogP contribution in [0.1, 0.15) is 25.3 Å². The van der Waals surface area contributed by atoms with Gasteiger partial charge in [-0.25, -0.2) is 0 Å². The van der Waals surface area contributed by atoms with Crippen molar-refractivity contribution in [1.29, 1.82) is 0 Å². The van der Waals surface area contributed by atoms with E-state index in [4.69, 9.17) is 5.73 Å². The Balaban J connectivity index is 2.61. The number of benzene rings is 1. The van der Waals surface area contributed by atoms with Crippen LogP contribution in [-0.2, 0) is 4.79 Å². The molecule has 82 valence electrons. The average molecular weight is 206 g/mol. The molecule has 15 heavy (non-hydrogen) atoms. The third-order valence-electron chi connectivity index (χ3n) is 2.44.